The molecular formula is C21H18F2N2O3. The molecular weight excluding hydrogens is 366 g/mol. The molecule has 0 aromatic heterocycles. The van der Waals surface area contributed by atoms with Gasteiger partial charge in [-0.1, -0.05) is 18.2 Å². The smallest absolute Gasteiger partial charge is 0.387 e. The van der Waals surface area contributed by atoms with Crippen LogP contribution in [0.3, 0.4) is 0 Å². The molecule has 3 aromatic rings. The van der Waals surface area contributed by atoms with Gasteiger partial charge in [0.05, 0.1) is 7.11 Å². The molecule has 1 amide bonds. The van der Waals surface area contributed by atoms with Gasteiger partial charge in [0, 0.05) is 22.6 Å². The SMILES string of the molecule is COc1cc(C(=O)Nc2ccc(Nc3ccccc3)cc2)ccc1OC(F)F. The maximum Gasteiger partial charge on any atom is 0.387 e. The molecule has 5 nitrogen and oxygen atoms in total. The number of anilines is 3. The minimum atomic E-state index is -2.98. The third-order valence-electron chi connectivity index (χ3n) is 3.85. The van der Waals surface area contributed by atoms with Crippen molar-refractivity contribution in [3.05, 3.63) is 78.4 Å². The molecule has 0 saturated carbocycles. The number of alkyl halides is 2. The zero-order valence-corrected chi connectivity index (χ0v) is 15.0. The molecule has 0 aliphatic carbocycles. The molecule has 3 rings (SSSR count). The van der Waals surface area contributed by atoms with Gasteiger partial charge in [-0.2, -0.15) is 8.78 Å². The molecule has 0 saturated heterocycles. The Morgan fingerprint density at radius 1 is 0.857 bits per heavy atom. The summed E-state index contributed by atoms with van der Waals surface area (Å²) in [5, 5.41) is 6.00. The van der Waals surface area contributed by atoms with Crippen molar-refractivity contribution >= 4 is 23.0 Å². The largest absolute Gasteiger partial charge is 0.493 e. The summed E-state index contributed by atoms with van der Waals surface area (Å²) < 4.78 is 34.2. The van der Waals surface area contributed by atoms with Crippen LogP contribution in [-0.2, 0) is 0 Å². The second-order valence-electron chi connectivity index (χ2n) is 5.77. The predicted molar refractivity (Wildman–Crippen MR) is 104 cm³/mol. The van der Waals surface area contributed by atoms with E-state index in [1.165, 1.54) is 25.3 Å². The fraction of sp³-hybridized carbons (Fsp3) is 0.0952. The maximum absolute atomic E-state index is 12.4. The van der Waals surface area contributed by atoms with Gasteiger partial charge in [0.1, 0.15) is 0 Å². The summed E-state index contributed by atoms with van der Waals surface area (Å²) in [6.45, 7) is -2.98. The highest BCUT2D eigenvalue weighted by atomic mass is 19.3. The van der Waals surface area contributed by atoms with E-state index in [0.29, 0.717) is 5.69 Å². The van der Waals surface area contributed by atoms with Crippen molar-refractivity contribution in [3.8, 4) is 11.5 Å². The molecule has 3 aromatic carbocycles. The lowest BCUT2D eigenvalue weighted by molar-refractivity contribution is -0.0512. The van der Waals surface area contributed by atoms with Crippen molar-refractivity contribution in [3.63, 3.8) is 0 Å². The van der Waals surface area contributed by atoms with E-state index in [9.17, 15) is 13.6 Å². The molecule has 0 heterocycles. The summed E-state index contributed by atoms with van der Waals surface area (Å²) in [5.74, 6) is -0.480. The number of hydrogen-bond acceptors (Lipinski definition) is 4. The molecule has 0 aliphatic rings. The van der Waals surface area contributed by atoms with Gasteiger partial charge in [-0.3, -0.25) is 4.79 Å². The van der Waals surface area contributed by atoms with Gasteiger partial charge in [-0.05, 0) is 54.6 Å². The Morgan fingerprint density at radius 2 is 1.50 bits per heavy atom. The summed E-state index contributed by atoms with van der Waals surface area (Å²) in [4.78, 5) is 12.4. The number of ether oxygens (including phenoxy) is 2. The third kappa shape index (κ3) is 4.97. The highest BCUT2D eigenvalue weighted by molar-refractivity contribution is 6.04. The van der Waals surface area contributed by atoms with Crippen molar-refractivity contribution in [2.24, 2.45) is 0 Å². The second-order valence-corrected chi connectivity index (χ2v) is 5.77. The van der Waals surface area contributed by atoms with Gasteiger partial charge in [0.15, 0.2) is 11.5 Å². The number of benzene rings is 3. The highest BCUT2D eigenvalue weighted by Gasteiger charge is 2.14. The number of carbonyl (C=O) groups is 1. The molecule has 7 heteroatoms. The van der Waals surface area contributed by atoms with Crippen LogP contribution in [0.25, 0.3) is 0 Å². The fourth-order valence-corrected chi connectivity index (χ4v) is 2.53. The average molecular weight is 384 g/mol. The molecule has 0 radical (unpaired) electrons. The van der Waals surface area contributed by atoms with Gasteiger partial charge in [-0.25, -0.2) is 0 Å². The van der Waals surface area contributed by atoms with E-state index in [-0.39, 0.29) is 17.1 Å². The van der Waals surface area contributed by atoms with Gasteiger partial charge < -0.3 is 20.1 Å². The molecule has 2 N–H and O–H groups in total. The monoisotopic (exact) mass is 384 g/mol. The molecule has 28 heavy (non-hydrogen) atoms. The summed E-state index contributed by atoms with van der Waals surface area (Å²) in [6.07, 6.45) is 0. The summed E-state index contributed by atoms with van der Waals surface area (Å²) in [5.41, 5.74) is 2.68. The Bertz CT molecular complexity index is 932. The number of halogens is 2. The Labute approximate surface area is 160 Å². The van der Waals surface area contributed by atoms with Crippen LogP contribution in [0.1, 0.15) is 10.4 Å². The van der Waals surface area contributed by atoms with Crippen LogP contribution < -0.4 is 20.1 Å². The van der Waals surface area contributed by atoms with Crippen LogP contribution in [0.4, 0.5) is 25.8 Å². The van der Waals surface area contributed by atoms with E-state index in [1.54, 1.807) is 12.1 Å². The van der Waals surface area contributed by atoms with Crippen LogP contribution in [0.5, 0.6) is 11.5 Å². The number of nitrogens with one attached hydrogen (secondary N) is 2. The average Bonchev–Trinajstić information content (AvgIpc) is 2.70. The normalized spacial score (nSPS) is 10.4. The number of hydrogen-bond donors (Lipinski definition) is 2. The number of carbonyl (C=O) groups excluding carboxylic acids is 1. The lowest BCUT2D eigenvalue weighted by Gasteiger charge is -2.12. The Balaban J connectivity index is 1.67. The van der Waals surface area contributed by atoms with Crippen molar-refractivity contribution in [2.75, 3.05) is 17.7 Å². The van der Waals surface area contributed by atoms with Crippen LogP contribution in [0.2, 0.25) is 0 Å². The highest BCUT2D eigenvalue weighted by Crippen LogP contribution is 2.30. The topological polar surface area (TPSA) is 59.6 Å². The van der Waals surface area contributed by atoms with E-state index >= 15 is 0 Å². The van der Waals surface area contributed by atoms with E-state index in [4.69, 9.17) is 4.74 Å². The summed E-state index contributed by atoms with van der Waals surface area (Å²) >= 11 is 0. The molecule has 0 unspecified atom stereocenters. The Hall–Kier alpha value is -3.61. The second kappa shape index (κ2) is 8.85. The lowest BCUT2D eigenvalue weighted by Crippen LogP contribution is -2.12. The standard InChI is InChI=1S/C21H18F2N2O3/c1-27-19-13-14(7-12-18(19)28-21(22)23)20(26)25-17-10-8-16(9-11-17)24-15-5-3-2-4-6-15/h2-13,21,24H,1H3,(H,25,26). The van der Waals surface area contributed by atoms with Crippen molar-refractivity contribution in [1.82, 2.24) is 0 Å². The van der Waals surface area contributed by atoms with E-state index in [1.807, 2.05) is 42.5 Å². The molecule has 0 atom stereocenters. The summed E-state index contributed by atoms with van der Waals surface area (Å²) in [7, 11) is 1.31. The molecule has 0 spiro atoms. The number of rotatable bonds is 7. The maximum atomic E-state index is 12.4. The van der Waals surface area contributed by atoms with Crippen molar-refractivity contribution in [2.45, 2.75) is 6.61 Å². The van der Waals surface area contributed by atoms with Crippen molar-refractivity contribution < 1.29 is 23.0 Å². The van der Waals surface area contributed by atoms with Crippen LogP contribution in [-0.4, -0.2) is 19.6 Å². The third-order valence-corrected chi connectivity index (χ3v) is 3.85. The quantitative estimate of drug-likeness (QED) is 0.581. The van der Waals surface area contributed by atoms with Gasteiger partial charge >= 0.3 is 6.61 Å². The Kier molecular flexibility index (Phi) is 6.06. The molecule has 0 aliphatic heterocycles. The minimum absolute atomic E-state index is 0.0513. The first-order valence-electron chi connectivity index (χ1n) is 8.41. The minimum Gasteiger partial charge on any atom is -0.493 e. The first-order chi connectivity index (χ1) is 13.5. The summed E-state index contributed by atoms with van der Waals surface area (Å²) in [6, 6.07) is 20.9. The van der Waals surface area contributed by atoms with Gasteiger partial charge in [0.25, 0.3) is 5.91 Å². The first kappa shape index (κ1) is 19.2. The van der Waals surface area contributed by atoms with Crippen molar-refractivity contribution in [1.29, 1.82) is 0 Å². The zero-order chi connectivity index (χ0) is 19.9. The molecule has 0 bridgehead atoms. The van der Waals surface area contributed by atoms with Crippen LogP contribution in [0.15, 0.2) is 72.8 Å². The number of methoxy groups -OCH3 is 1. The van der Waals surface area contributed by atoms with Gasteiger partial charge in [-0.15, -0.1) is 0 Å². The zero-order valence-electron chi connectivity index (χ0n) is 15.0. The Morgan fingerprint density at radius 3 is 2.14 bits per heavy atom. The van der Waals surface area contributed by atoms with E-state index in [0.717, 1.165) is 11.4 Å². The molecule has 144 valence electrons. The van der Waals surface area contributed by atoms with E-state index in [2.05, 4.69) is 15.4 Å². The predicted octanol–water partition coefficient (Wildman–Crippen LogP) is 5.29. The number of para-hydroxylation sites is 1. The first-order valence-corrected chi connectivity index (χ1v) is 8.41. The molecule has 0 fully saturated rings. The fourth-order valence-electron chi connectivity index (χ4n) is 2.53. The van der Waals surface area contributed by atoms with Crippen LogP contribution in [0, 0.1) is 0 Å². The van der Waals surface area contributed by atoms with E-state index < -0.39 is 12.5 Å². The number of amides is 1. The van der Waals surface area contributed by atoms with Crippen LogP contribution >= 0.6 is 0 Å². The van der Waals surface area contributed by atoms with Gasteiger partial charge in [0.2, 0.25) is 0 Å². The lowest BCUT2D eigenvalue weighted by atomic mass is 10.1.